The number of aromatic carboxylic acids is 1. The van der Waals surface area contributed by atoms with E-state index in [4.69, 9.17) is 5.11 Å². The lowest BCUT2D eigenvalue weighted by atomic mass is 9.93. The number of urea groups is 2. The maximum Gasteiger partial charge on any atom is 0.354 e. The Hall–Kier alpha value is -5.56. The number of hydrogen-bond acceptors (Lipinski definition) is 10. The maximum absolute atomic E-state index is 12.5. The summed E-state index contributed by atoms with van der Waals surface area (Å²) in [5.41, 5.74) is 4.57. The van der Waals surface area contributed by atoms with Crippen LogP contribution in [0, 0.1) is 0 Å². The zero-order valence-corrected chi connectivity index (χ0v) is 34.9. The van der Waals surface area contributed by atoms with E-state index in [2.05, 4.69) is 20.8 Å². The van der Waals surface area contributed by atoms with Crippen molar-refractivity contribution < 1.29 is 41.1 Å². The number of amides is 4. The number of sulfonamides is 2. The molecule has 0 radical (unpaired) electrons. The first-order valence-electron chi connectivity index (χ1n) is 17.6. The van der Waals surface area contributed by atoms with E-state index in [0.29, 0.717) is 11.4 Å². The first-order valence-corrected chi connectivity index (χ1v) is 20.6. The minimum Gasteiger partial charge on any atom is -0.477 e. The van der Waals surface area contributed by atoms with Crippen LogP contribution in [0.4, 0.5) is 21.0 Å². The van der Waals surface area contributed by atoms with Crippen LogP contribution in [0.3, 0.4) is 0 Å². The molecule has 2 aromatic carbocycles. The number of carboxylic acids is 1. The van der Waals surface area contributed by atoms with E-state index in [-0.39, 0.29) is 40.8 Å². The van der Waals surface area contributed by atoms with Crippen molar-refractivity contribution in [3.63, 3.8) is 0 Å². The Morgan fingerprint density at radius 1 is 0.589 bits per heavy atom. The van der Waals surface area contributed by atoms with E-state index in [1.807, 2.05) is 101 Å². The molecule has 0 unspecified atom stereocenters. The summed E-state index contributed by atoms with van der Waals surface area (Å²) < 4.78 is 55.8. The van der Waals surface area contributed by atoms with E-state index < -0.39 is 48.1 Å². The van der Waals surface area contributed by atoms with Crippen LogP contribution in [0.2, 0.25) is 0 Å². The van der Waals surface area contributed by atoms with Gasteiger partial charge < -0.3 is 15.7 Å². The summed E-state index contributed by atoms with van der Waals surface area (Å²) in [6, 6.07) is 11.6. The van der Waals surface area contributed by atoms with Crippen LogP contribution in [-0.4, -0.2) is 65.3 Å². The molecule has 5 N–H and O–H groups in total. The van der Waals surface area contributed by atoms with Crippen molar-refractivity contribution in [2.24, 2.45) is 14.1 Å². The number of para-hydroxylation sites is 2. The zero-order chi connectivity index (χ0) is 42.4. The predicted octanol–water partition coefficient (Wildman–Crippen LogP) is 6.26. The van der Waals surface area contributed by atoms with E-state index in [0.717, 1.165) is 39.1 Å². The van der Waals surface area contributed by atoms with Crippen LogP contribution < -0.4 is 20.1 Å². The summed E-state index contributed by atoms with van der Waals surface area (Å²) in [7, 11) is -5.80. The van der Waals surface area contributed by atoms with Crippen LogP contribution in [0.5, 0.6) is 0 Å². The van der Waals surface area contributed by atoms with Crippen LogP contribution in [0.1, 0.15) is 129 Å². The van der Waals surface area contributed by atoms with Crippen molar-refractivity contribution >= 4 is 55.2 Å². The van der Waals surface area contributed by atoms with Gasteiger partial charge in [-0.3, -0.25) is 14.2 Å². The lowest BCUT2D eigenvalue weighted by Gasteiger charge is -2.20. The molecule has 0 spiro atoms. The highest BCUT2D eigenvalue weighted by Gasteiger charge is 2.27. The average molecular weight is 815 g/mol. The van der Waals surface area contributed by atoms with Gasteiger partial charge in [-0.05, 0) is 45.9 Å². The Morgan fingerprint density at radius 3 is 1.14 bits per heavy atom. The smallest absolute Gasteiger partial charge is 0.354 e. The number of nitrogens with zero attached hydrogens (tertiary/aromatic N) is 4. The van der Waals surface area contributed by atoms with Crippen LogP contribution in [-0.2, 0) is 34.1 Å². The molecule has 56 heavy (non-hydrogen) atoms. The molecule has 0 saturated heterocycles. The molecule has 0 aliphatic carbocycles. The molecule has 17 nitrogen and oxygen atoms in total. The Bertz CT molecular complexity index is 2130. The third kappa shape index (κ3) is 10.8. The number of aryl methyl sites for hydroxylation is 2. The lowest BCUT2D eigenvalue weighted by Crippen LogP contribution is -2.35. The second-order valence-corrected chi connectivity index (χ2v) is 17.5. The summed E-state index contributed by atoms with van der Waals surface area (Å²) >= 11 is 0. The SMILES string of the molecule is CC(=O)c1cc(S(=O)(=O)NC(=O)Nc2c(C(C)C)cccc2C(C)C)nn1C.CC(C)c1cccc(C(C)C)c1NC(=O)NS(=O)(=O)c1cc(C(=O)O)n(C)n1. The highest BCUT2D eigenvalue weighted by Crippen LogP contribution is 2.33. The highest BCUT2D eigenvalue weighted by atomic mass is 32.2. The average Bonchev–Trinajstić information content (AvgIpc) is 3.68. The Kier molecular flexibility index (Phi) is 14.4. The van der Waals surface area contributed by atoms with Gasteiger partial charge >= 0.3 is 18.0 Å². The lowest BCUT2D eigenvalue weighted by molar-refractivity contribution is 0.0684. The van der Waals surface area contributed by atoms with Crippen molar-refractivity contribution in [1.82, 2.24) is 29.0 Å². The van der Waals surface area contributed by atoms with Crippen LogP contribution in [0.25, 0.3) is 0 Å². The third-order valence-electron chi connectivity index (χ3n) is 8.52. The number of carboxylic acid groups (broad SMARTS) is 1. The number of aromatic nitrogens is 4. The molecule has 19 heteroatoms. The molecule has 4 rings (SSSR count). The molecule has 0 aliphatic heterocycles. The van der Waals surface area contributed by atoms with Gasteiger partial charge in [-0.2, -0.15) is 27.0 Å². The molecular weight excluding hydrogens is 765 g/mol. The second kappa shape index (κ2) is 17.9. The molecule has 0 fully saturated rings. The van der Waals surface area contributed by atoms with E-state index in [1.165, 1.54) is 25.7 Å². The molecule has 2 aromatic heterocycles. The van der Waals surface area contributed by atoms with Crippen molar-refractivity contribution in [1.29, 1.82) is 0 Å². The number of carbonyl (C=O) groups excluding carboxylic acids is 3. The number of ketones is 1. The number of nitrogens with one attached hydrogen (secondary N) is 4. The Morgan fingerprint density at radius 2 is 0.893 bits per heavy atom. The van der Waals surface area contributed by atoms with Crippen molar-refractivity contribution in [2.75, 3.05) is 10.6 Å². The number of anilines is 2. The fraction of sp³-hybridized carbons (Fsp3) is 0.405. The predicted molar refractivity (Wildman–Crippen MR) is 211 cm³/mol. The molecule has 0 saturated carbocycles. The van der Waals surface area contributed by atoms with Gasteiger partial charge in [0.05, 0.1) is 0 Å². The van der Waals surface area contributed by atoms with Gasteiger partial charge in [0.15, 0.2) is 15.8 Å². The number of Topliss-reactive ketones (excluding diaryl/α,β-unsaturated/α-hetero) is 1. The molecular formula is C37H50N8O9S2. The standard InChI is InChI=1S/C19H26N4O4S.C18H24N4O5S/c1-11(2)14-8-7-9-15(12(3)4)18(14)20-19(25)22-28(26,27)17-10-16(13(5)24)23(6)21-17;1-10(2)12-7-6-8-13(11(3)4)16(12)19-18(25)21-28(26,27)15-9-14(17(23)24)22(5)20-15/h7-12H,1-6H3,(H2,20,22,25);6-11H,1-5H3,(H,23,24)(H2,19,21,25). The van der Waals surface area contributed by atoms with Gasteiger partial charge in [-0.25, -0.2) is 23.8 Å². The first-order chi connectivity index (χ1) is 25.9. The first kappa shape index (κ1) is 44.8. The van der Waals surface area contributed by atoms with Crippen LogP contribution in [0.15, 0.2) is 58.6 Å². The zero-order valence-electron chi connectivity index (χ0n) is 33.2. The molecule has 4 aromatic rings. The highest BCUT2D eigenvalue weighted by molar-refractivity contribution is 7.90. The van der Waals surface area contributed by atoms with Gasteiger partial charge in [0.1, 0.15) is 11.4 Å². The minimum atomic E-state index is -4.34. The maximum atomic E-state index is 12.5. The Balaban J connectivity index is 0.000000300. The number of rotatable bonds is 12. The summed E-state index contributed by atoms with van der Waals surface area (Å²) in [5, 5.41) is 20.9. The number of benzene rings is 2. The fourth-order valence-electron chi connectivity index (χ4n) is 5.69. The van der Waals surface area contributed by atoms with Crippen molar-refractivity contribution in [3.8, 4) is 0 Å². The summed E-state index contributed by atoms with van der Waals surface area (Å²) in [6.07, 6.45) is 0. The topological polar surface area (TPSA) is 241 Å². The molecule has 4 amide bonds. The molecule has 0 atom stereocenters. The second-order valence-electron chi connectivity index (χ2n) is 14.2. The Labute approximate surface area is 327 Å². The van der Waals surface area contributed by atoms with Crippen molar-refractivity contribution in [3.05, 3.63) is 82.2 Å². The van der Waals surface area contributed by atoms with Crippen molar-refractivity contribution in [2.45, 2.75) is 96.0 Å². The molecule has 0 aliphatic rings. The van der Waals surface area contributed by atoms with Gasteiger partial charge in [-0.1, -0.05) is 91.8 Å². The van der Waals surface area contributed by atoms with E-state index >= 15 is 0 Å². The number of carbonyl (C=O) groups is 4. The van der Waals surface area contributed by atoms with E-state index in [9.17, 15) is 36.0 Å². The number of hydrogen-bond donors (Lipinski definition) is 5. The summed E-state index contributed by atoms with van der Waals surface area (Å²) in [4.78, 5) is 47.5. The fourth-order valence-corrected chi connectivity index (χ4v) is 7.48. The quantitative estimate of drug-likeness (QED) is 0.100. The summed E-state index contributed by atoms with van der Waals surface area (Å²) in [6.45, 7) is 17.2. The van der Waals surface area contributed by atoms with Gasteiger partial charge in [0.25, 0.3) is 20.0 Å². The van der Waals surface area contributed by atoms with Gasteiger partial charge in [0.2, 0.25) is 0 Å². The molecule has 0 bridgehead atoms. The third-order valence-corrected chi connectivity index (χ3v) is 10.9. The largest absolute Gasteiger partial charge is 0.477 e. The molecule has 2 heterocycles. The van der Waals surface area contributed by atoms with Crippen LogP contribution >= 0.6 is 0 Å². The minimum absolute atomic E-state index is 0.111. The molecule has 304 valence electrons. The normalized spacial score (nSPS) is 11.7. The monoisotopic (exact) mass is 814 g/mol. The van der Waals surface area contributed by atoms with Gasteiger partial charge in [-0.15, -0.1) is 0 Å². The summed E-state index contributed by atoms with van der Waals surface area (Å²) in [5.74, 6) is -1.15. The van der Waals surface area contributed by atoms with Gasteiger partial charge in [0, 0.05) is 44.5 Å². The van der Waals surface area contributed by atoms with E-state index in [1.54, 1.807) is 0 Å².